The van der Waals surface area contributed by atoms with Gasteiger partial charge in [-0.15, -0.1) is 0 Å². The first-order valence-corrected chi connectivity index (χ1v) is 9.00. The van der Waals surface area contributed by atoms with Gasteiger partial charge in [-0.2, -0.15) is 0 Å². The fourth-order valence-corrected chi connectivity index (χ4v) is 5.72. The van der Waals surface area contributed by atoms with Crippen LogP contribution in [-0.4, -0.2) is 24.5 Å². The first-order chi connectivity index (χ1) is 10.5. The van der Waals surface area contributed by atoms with Gasteiger partial charge in [-0.05, 0) is 81.5 Å². The van der Waals surface area contributed by atoms with E-state index in [0.29, 0.717) is 5.41 Å². The molecule has 5 saturated carbocycles. The van der Waals surface area contributed by atoms with Crippen LogP contribution >= 0.6 is 0 Å². The number of carbonyl (C=O) groups is 2. The lowest BCUT2D eigenvalue weighted by atomic mass is 9.48. The van der Waals surface area contributed by atoms with Crippen LogP contribution < -0.4 is 5.32 Å². The molecule has 1 amide bonds. The monoisotopic (exact) mass is 305 g/mol. The third-order valence-corrected chi connectivity index (χ3v) is 6.64. The molecule has 0 aromatic heterocycles. The number of ether oxygens (including phenoxy) is 1. The topological polar surface area (TPSA) is 55.4 Å². The lowest BCUT2D eigenvalue weighted by molar-refractivity contribution is -0.150. The first-order valence-electron chi connectivity index (χ1n) is 9.00. The van der Waals surface area contributed by atoms with E-state index in [2.05, 4.69) is 12.2 Å². The minimum atomic E-state index is -0.197. The molecule has 0 radical (unpaired) electrons. The first kappa shape index (κ1) is 14.5. The molecule has 0 aliphatic heterocycles. The second kappa shape index (κ2) is 5.24. The largest absolute Gasteiger partial charge is 0.455 e. The Kier molecular flexibility index (Phi) is 3.46. The van der Waals surface area contributed by atoms with Gasteiger partial charge in [0, 0.05) is 6.04 Å². The number of hydrogen-bond acceptors (Lipinski definition) is 3. The van der Waals surface area contributed by atoms with Crippen LogP contribution in [0.1, 0.15) is 58.3 Å². The average Bonchev–Trinajstić information content (AvgIpc) is 3.27. The van der Waals surface area contributed by atoms with E-state index in [1.54, 1.807) is 0 Å². The molecule has 5 fully saturated rings. The van der Waals surface area contributed by atoms with Crippen LogP contribution in [0.2, 0.25) is 0 Å². The lowest BCUT2D eigenvalue weighted by Crippen LogP contribution is -2.56. The fraction of sp³-hybridized carbons (Fsp3) is 0.889. The molecule has 1 atom stereocenters. The summed E-state index contributed by atoms with van der Waals surface area (Å²) in [6.45, 7) is 2.06. The van der Waals surface area contributed by atoms with Crippen molar-refractivity contribution in [2.24, 2.45) is 29.1 Å². The summed E-state index contributed by atoms with van der Waals surface area (Å²) in [5.41, 5.74) is 0.310. The van der Waals surface area contributed by atoms with Crippen molar-refractivity contribution in [2.45, 2.75) is 64.3 Å². The van der Waals surface area contributed by atoms with Gasteiger partial charge < -0.3 is 10.1 Å². The molecule has 5 aliphatic carbocycles. The molecule has 0 aromatic rings. The quantitative estimate of drug-likeness (QED) is 0.795. The summed E-state index contributed by atoms with van der Waals surface area (Å²) in [7, 11) is 0. The Morgan fingerprint density at radius 3 is 2.14 bits per heavy atom. The molecular weight excluding hydrogens is 278 g/mol. The van der Waals surface area contributed by atoms with E-state index in [-0.39, 0.29) is 30.4 Å². The SMILES string of the molecule is CC(NC(=O)COC(=O)C1CC1)C12CC3CC(CC(C3)C1)C2. The Hall–Kier alpha value is -1.06. The minimum absolute atomic E-state index is 0.0633. The summed E-state index contributed by atoms with van der Waals surface area (Å²) in [6.07, 6.45) is 9.93. The van der Waals surface area contributed by atoms with Crippen molar-refractivity contribution in [3.8, 4) is 0 Å². The molecule has 122 valence electrons. The molecule has 0 aromatic carbocycles. The van der Waals surface area contributed by atoms with Gasteiger partial charge in [0.15, 0.2) is 6.61 Å². The molecule has 1 N–H and O–H groups in total. The number of esters is 1. The van der Waals surface area contributed by atoms with Crippen LogP contribution in [0.5, 0.6) is 0 Å². The highest BCUT2D eigenvalue weighted by atomic mass is 16.5. The van der Waals surface area contributed by atoms with Gasteiger partial charge in [0.25, 0.3) is 5.91 Å². The Morgan fingerprint density at radius 2 is 1.64 bits per heavy atom. The normalized spacial score (nSPS) is 40.3. The predicted molar refractivity (Wildman–Crippen MR) is 81.9 cm³/mol. The highest BCUT2D eigenvalue weighted by Crippen LogP contribution is 2.61. The van der Waals surface area contributed by atoms with E-state index in [1.807, 2.05) is 0 Å². The standard InChI is InChI=1S/C18H27NO3/c1-11(19-16(20)10-22-17(21)15-2-3-15)18-7-12-4-13(8-18)6-14(5-12)9-18/h11-15H,2-10H2,1H3,(H,19,20). The summed E-state index contributed by atoms with van der Waals surface area (Å²) < 4.78 is 5.10. The number of carbonyl (C=O) groups excluding carboxylic acids is 2. The molecule has 0 spiro atoms. The molecule has 4 heteroatoms. The van der Waals surface area contributed by atoms with E-state index in [9.17, 15) is 9.59 Å². The summed E-state index contributed by atoms with van der Waals surface area (Å²) in [6, 6.07) is 0.202. The van der Waals surface area contributed by atoms with E-state index in [4.69, 9.17) is 4.74 Å². The van der Waals surface area contributed by atoms with Crippen LogP contribution in [0.25, 0.3) is 0 Å². The zero-order chi connectivity index (χ0) is 15.3. The lowest BCUT2D eigenvalue weighted by Gasteiger charge is -2.59. The number of amides is 1. The number of hydrogen-bond donors (Lipinski definition) is 1. The van der Waals surface area contributed by atoms with Gasteiger partial charge >= 0.3 is 5.97 Å². The second-order valence-corrected chi connectivity index (χ2v) is 8.45. The van der Waals surface area contributed by atoms with Gasteiger partial charge in [0.2, 0.25) is 0 Å². The molecule has 5 rings (SSSR count). The third kappa shape index (κ3) is 2.65. The van der Waals surface area contributed by atoms with Crippen LogP contribution in [0, 0.1) is 29.1 Å². The Labute approximate surface area is 132 Å². The Bertz CT molecular complexity index is 447. The predicted octanol–water partition coefficient (Wildman–Crippen LogP) is 2.66. The van der Waals surface area contributed by atoms with Crippen molar-refractivity contribution in [1.29, 1.82) is 0 Å². The highest BCUT2D eigenvalue weighted by molar-refractivity contribution is 5.82. The molecule has 4 bridgehead atoms. The van der Waals surface area contributed by atoms with Crippen LogP contribution in [0.4, 0.5) is 0 Å². The zero-order valence-corrected chi connectivity index (χ0v) is 13.5. The van der Waals surface area contributed by atoms with E-state index in [1.165, 1.54) is 38.5 Å². The summed E-state index contributed by atoms with van der Waals surface area (Å²) in [4.78, 5) is 23.6. The van der Waals surface area contributed by atoms with Gasteiger partial charge in [-0.25, -0.2) is 0 Å². The minimum Gasteiger partial charge on any atom is -0.455 e. The Balaban J connectivity index is 1.32. The smallest absolute Gasteiger partial charge is 0.309 e. The van der Waals surface area contributed by atoms with Crippen molar-refractivity contribution in [3.05, 3.63) is 0 Å². The number of rotatable bonds is 5. The highest BCUT2D eigenvalue weighted by Gasteiger charge is 2.53. The van der Waals surface area contributed by atoms with Gasteiger partial charge in [0.1, 0.15) is 0 Å². The van der Waals surface area contributed by atoms with Crippen molar-refractivity contribution >= 4 is 11.9 Å². The molecular formula is C18H27NO3. The van der Waals surface area contributed by atoms with Crippen molar-refractivity contribution < 1.29 is 14.3 Å². The maximum Gasteiger partial charge on any atom is 0.309 e. The fourth-order valence-electron chi connectivity index (χ4n) is 5.72. The maximum absolute atomic E-state index is 12.1. The number of nitrogens with one attached hydrogen (secondary N) is 1. The molecule has 0 heterocycles. The molecule has 5 aliphatic rings. The van der Waals surface area contributed by atoms with Gasteiger partial charge in [-0.3, -0.25) is 9.59 Å². The summed E-state index contributed by atoms with van der Waals surface area (Å²) in [5.74, 6) is 2.40. The summed E-state index contributed by atoms with van der Waals surface area (Å²) >= 11 is 0. The van der Waals surface area contributed by atoms with Crippen LogP contribution in [0.15, 0.2) is 0 Å². The average molecular weight is 305 g/mol. The second-order valence-electron chi connectivity index (χ2n) is 8.45. The van der Waals surface area contributed by atoms with E-state index < -0.39 is 0 Å². The van der Waals surface area contributed by atoms with Crippen LogP contribution in [0.3, 0.4) is 0 Å². The zero-order valence-electron chi connectivity index (χ0n) is 13.5. The molecule has 1 unspecified atom stereocenters. The maximum atomic E-state index is 12.1. The molecule has 0 saturated heterocycles. The van der Waals surface area contributed by atoms with Crippen molar-refractivity contribution in [1.82, 2.24) is 5.32 Å². The van der Waals surface area contributed by atoms with Gasteiger partial charge in [0.05, 0.1) is 5.92 Å². The van der Waals surface area contributed by atoms with E-state index in [0.717, 1.165) is 30.6 Å². The van der Waals surface area contributed by atoms with Crippen molar-refractivity contribution in [3.63, 3.8) is 0 Å². The Morgan fingerprint density at radius 1 is 1.09 bits per heavy atom. The molecule has 4 nitrogen and oxygen atoms in total. The summed E-state index contributed by atoms with van der Waals surface area (Å²) in [5, 5.41) is 3.14. The third-order valence-electron chi connectivity index (χ3n) is 6.64. The van der Waals surface area contributed by atoms with Crippen molar-refractivity contribution in [2.75, 3.05) is 6.61 Å². The van der Waals surface area contributed by atoms with E-state index >= 15 is 0 Å². The van der Waals surface area contributed by atoms with Crippen LogP contribution in [-0.2, 0) is 14.3 Å². The molecule has 22 heavy (non-hydrogen) atoms. The van der Waals surface area contributed by atoms with Gasteiger partial charge in [-0.1, -0.05) is 0 Å².